The zero-order chi connectivity index (χ0) is 34.7. The van der Waals surface area contributed by atoms with Crippen LogP contribution in [0.25, 0.3) is 0 Å². The monoisotopic (exact) mass is 694 g/mol. The Morgan fingerprint density at radius 3 is 1.80 bits per heavy atom. The van der Waals surface area contributed by atoms with E-state index in [0.717, 1.165) is 47.2 Å². The lowest BCUT2D eigenvalue weighted by atomic mass is 9.89. The Kier molecular flexibility index (Phi) is 12.4. The molecular formula is C44H44N2O2P2. The van der Waals surface area contributed by atoms with Gasteiger partial charge in [0.2, 0.25) is 0 Å². The van der Waals surface area contributed by atoms with E-state index in [1.54, 1.807) is 6.08 Å². The Labute approximate surface area is 299 Å². The number of carbonyl (C=O) groups is 1. The first-order chi connectivity index (χ1) is 24.6. The Balaban J connectivity index is 1.27. The van der Waals surface area contributed by atoms with E-state index in [2.05, 4.69) is 96.6 Å². The van der Waals surface area contributed by atoms with E-state index in [4.69, 9.17) is 0 Å². The molecule has 0 aliphatic heterocycles. The van der Waals surface area contributed by atoms with Crippen molar-refractivity contribution >= 4 is 48.3 Å². The lowest BCUT2D eigenvalue weighted by Crippen LogP contribution is -2.53. The highest BCUT2D eigenvalue weighted by molar-refractivity contribution is 7.80. The quantitative estimate of drug-likeness (QED) is 0.0682. The maximum absolute atomic E-state index is 14.3. The standard InChI is InChI=1S/C44H44N2O2P2/c1-3-20-33(4-2)49(34-21-8-5-9-22-34)41-31-18-14-27-37(41)43(47)45-39-29-16-17-30-40(39)46-44(48)38-28-15-19-32-42(38)50(35-23-10-6-11-24-35)36-25-12-7-13-26-36/h3-15,18-28,31-32,39-40,43,45,47H,1-2,16-17,29-30H2,(H,46,48)/b33-20+/t39-,40-,43?,49?/m0/s1. The number of allylic oxidation sites excluding steroid dienone is 4. The van der Waals surface area contributed by atoms with Crippen molar-refractivity contribution in [2.24, 2.45) is 0 Å². The molecule has 1 fully saturated rings. The normalized spacial score (nSPS) is 17.4. The fourth-order valence-corrected chi connectivity index (χ4v) is 11.7. The topological polar surface area (TPSA) is 61.4 Å². The minimum absolute atomic E-state index is 0.0775. The number of hydrogen-bond donors (Lipinski definition) is 3. The number of benzene rings is 5. The van der Waals surface area contributed by atoms with Crippen molar-refractivity contribution in [3.05, 3.63) is 187 Å². The molecule has 0 spiro atoms. The Hall–Kier alpha value is -4.43. The van der Waals surface area contributed by atoms with E-state index >= 15 is 0 Å². The SMILES string of the molecule is C=C/C=C(\C=C)P(c1ccccc1)c1ccccc1C(O)N[C@H]1CCCC[C@@H]1NC(=O)c1ccccc1P(c1ccccc1)c1ccccc1. The van der Waals surface area contributed by atoms with Gasteiger partial charge >= 0.3 is 0 Å². The van der Waals surface area contributed by atoms with Crippen molar-refractivity contribution in [1.82, 2.24) is 10.6 Å². The van der Waals surface area contributed by atoms with E-state index in [1.165, 1.54) is 15.9 Å². The summed E-state index contributed by atoms with van der Waals surface area (Å²) in [6, 6.07) is 47.2. The highest BCUT2D eigenvalue weighted by Gasteiger charge is 2.31. The van der Waals surface area contributed by atoms with E-state index in [-0.39, 0.29) is 18.0 Å². The van der Waals surface area contributed by atoms with Gasteiger partial charge in [-0.25, -0.2) is 0 Å². The van der Waals surface area contributed by atoms with Gasteiger partial charge in [0.1, 0.15) is 6.23 Å². The summed E-state index contributed by atoms with van der Waals surface area (Å²) in [4.78, 5) is 14.3. The number of amides is 1. The predicted molar refractivity (Wildman–Crippen MR) is 214 cm³/mol. The molecule has 5 aromatic carbocycles. The maximum Gasteiger partial charge on any atom is 0.252 e. The zero-order valence-corrected chi connectivity index (χ0v) is 30.0. The zero-order valence-electron chi connectivity index (χ0n) is 28.2. The predicted octanol–water partition coefficient (Wildman–Crippen LogP) is 7.46. The van der Waals surface area contributed by atoms with Crippen LogP contribution in [0.2, 0.25) is 0 Å². The average Bonchev–Trinajstić information content (AvgIpc) is 3.17. The van der Waals surface area contributed by atoms with Gasteiger partial charge in [-0.2, -0.15) is 0 Å². The lowest BCUT2D eigenvalue weighted by molar-refractivity contribution is 0.0841. The molecule has 6 heteroatoms. The molecule has 0 bridgehead atoms. The van der Waals surface area contributed by atoms with Crippen LogP contribution in [0, 0.1) is 0 Å². The van der Waals surface area contributed by atoms with Gasteiger partial charge in [0.15, 0.2) is 0 Å². The van der Waals surface area contributed by atoms with Crippen LogP contribution in [0.15, 0.2) is 176 Å². The third-order valence-corrected chi connectivity index (χ3v) is 14.2. The van der Waals surface area contributed by atoms with Gasteiger partial charge in [0.25, 0.3) is 5.91 Å². The van der Waals surface area contributed by atoms with Crippen LogP contribution in [-0.4, -0.2) is 23.1 Å². The van der Waals surface area contributed by atoms with Crippen molar-refractivity contribution < 1.29 is 9.90 Å². The first-order valence-corrected chi connectivity index (χ1v) is 19.9. The minimum atomic E-state index is -0.997. The first-order valence-electron chi connectivity index (χ1n) is 17.2. The van der Waals surface area contributed by atoms with E-state index < -0.39 is 22.1 Å². The van der Waals surface area contributed by atoms with Crippen molar-refractivity contribution in [1.29, 1.82) is 0 Å². The second kappa shape index (κ2) is 17.5. The molecule has 0 saturated heterocycles. The highest BCUT2D eigenvalue weighted by atomic mass is 31.1. The lowest BCUT2D eigenvalue weighted by Gasteiger charge is -2.35. The molecule has 252 valence electrons. The fourth-order valence-electron chi connectivity index (χ4n) is 6.77. The average molecular weight is 695 g/mol. The van der Waals surface area contributed by atoms with Crippen molar-refractivity contribution in [3.8, 4) is 0 Å². The number of hydrogen-bond acceptors (Lipinski definition) is 3. The van der Waals surface area contributed by atoms with Crippen LogP contribution in [0.3, 0.4) is 0 Å². The highest BCUT2D eigenvalue weighted by Crippen LogP contribution is 2.45. The summed E-state index contributed by atoms with van der Waals surface area (Å²) >= 11 is 0. The van der Waals surface area contributed by atoms with Crippen LogP contribution in [-0.2, 0) is 0 Å². The molecular weight excluding hydrogens is 650 g/mol. The molecule has 0 radical (unpaired) electrons. The van der Waals surface area contributed by atoms with Crippen LogP contribution >= 0.6 is 15.8 Å². The van der Waals surface area contributed by atoms with E-state index in [1.807, 2.05) is 78.9 Å². The van der Waals surface area contributed by atoms with Gasteiger partial charge < -0.3 is 10.4 Å². The maximum atomic E-state index is 14.3. The van der Waals surface area contributed by atoms with Gasteiger partial charge in [-0.1, -0.05) is 178 Å². The summed E-state index contributed by atoms with van der Waals surface area (Å²) in [5.41, 5.74) is 1.53. The first kappa shape index (κ1) is 35.4. The molecule has 1 saturated carbocycles. The Bertz CT molecular complexity index is 1870. The van der Waals surface area contributed by atoms with Crippen molar-refractivity contribution in [2.75, 3.05) is 0 Å². The summed E-state index contributed by atoms with van der Waals surface area (Å²) in [7, 11) is -1.95. The van der Waals surface area contributed by atoms with Gasteiger partial charge in [-0.3, -0.25) is 10.1 Å². The third kappa shape index (κ3) is 8.29. The summed E-state index contributed by atoms with van der Waals surface area (Å²) in [5, 5.41) is 25.6. The Morgan fingerprint density at radius 2 is 1.20 bits per heavy atom. The molecule has 0 heterocycles. The second-order valence-electron chi connectivity index (χ2n) is 12.3. The van der Waals surface area contributed by atoms with Gasteiger partial charge in [-0.15, -0.1) is 0 Å². The van der Waals surface area contributed by atoms with Crippen molar-refractivity contribution in [2.45, 2.75) is 44.0 Å². The summed E-state index contributed by atoms with van der Waals surface area (Å²) in [5.74, 6) is -0.0775. The van der Waals surface area contributed by atoms with E-state index in [9.17, 15) is 9.90 Å². The number of rotatable bonds is 13. The summed E-state index contributed by atoms with van der Waals surface area (Å²) in [6.07, 6.45) is 8.52. The number of nitrogens with one attached hydrogen (secondary N) is 2. The summed E-state index contributed by atoms with van der Waals surface area (Å²) < 4.78 is 0. The molecule has 3 N–H and O–H groups in total. The van der Waals surface area contributed by atoms with Gasteiger partial charge in [-0.05, 0) is 66.6 Å². The molecule has 4 nitrogen and oxygen atoms in total. The molecule has 50 heavy (non-hydrogen) atoms. The largest absolute Gasteiger partial charge is 0.374 e. The minimum Gasteiger partial charge on any atom is -0.374 e. The van der Waals surface area contributed by atoms with Crippen molar-refractivity contribution in [3.63, 3.8) is 0 Å². The number of carbonyl (C=O) groups excluding carboxylic acids is 1. The molecule has 1 aliphatic carbocycles. The Morgan fingerprint density at radius 1 is 0.680 bits per heavy atom. The fraction of sp³-hybridized carbons (Fsp3) is 0.159. The molecule has 1 aliphatic rings. The third-order valence-electron chi connectivity index (χ3n) is 9.12. The molecule has 4 atom stereocenters. The second-order valence-corrected chi connectivity index (χ2v) is 16.7. The van der Waals surface area contributed by atoms with Crippen LogP contribution in [0.5, 0.6) is 0 Å². The van der Waals surface area contributed by atoms with Crippen LogP contribution < -0.4 is 37.2 Å². The molecule has 5 aromatic rings. The molecule has 2 unspecified atom stereocenters. The number of aliphatic hydroxyl groups is 1. The molecule has 6 rings (SSSR count). The summed E-state index contributed by atoms with van der Waals surface area (Å²) in [6.45, 7) is 8.06. The van der Waals surface area contributed by atoms with E-state index in [0.29, 0.717) is 5.56 Å². The molecule has 1 amide bonds. The molecule has 0 aromatic heterocycles. The smallest absolute Gasteiger partial charge is 0.252 e. The van der Waals surface area contributed by atoms with Gasteiger partial charge in [0, 0.05) is 23.2 Å². The van der Waals surface area contributed by atoms with Crippen LogP contribution in [0.1, 0.15) is 47.8 Å². The number of aliphatic hydroxyl groups excluding tert-OH is 1. The van der Waals surface area contributed by atoms with Crippen LogP contribution in [0.4, 0.5) is 0 Å². The van der Waals surface area contributed by atoms with Gasteiger partial charge in [0.05, 0.1) is 0 Å².